The molecule has 0 spiro atoms. The first-order valence-electron chi connectivity index (χ1n) is 11.2. The third-order valence-corrected chi connectivity index (χ3v) is 7.28. The maximum atomic E-state index is 11.7. The lowest BCUT2D eigenvalue weighted by Crippen LogP contribution is -2.32. The van der Waals surface area contributed by atoms with E-state index in [4.69, 9.17) is 0 Å². The minimum atomic E-state index is -0.307. The average molecular weight is 352 g/mol. The van der Waals surface area contributed by atoms with E-state index in [9.17, 15) is 4.91 Å². The number of hydrogen-bond donors (Lipinski definition) is 0. The van der Waals surface area contributed by atoms with Gasteiger partial charge in [0.15, 0.2) is 0 Å². The van der Waals surface area contributed by atoms with Crippen molar-refractivity contribution in [2.24, 2.45) is 22.4 Å². The minimum Gasteiger partial charge on any atom is -0.150 e. The van der Waals surface area contributed by atoms with E-state index in [1.54, 1.807) is 0 Å². The molecule has 1 rings (SSSR count). The molecule has 1 aliphatic carbocycles. The van der Waals surface area contributed by atoms with E-state index >= 15 is 0 Å². The molecular formula is C23H45NO. The second kappa shape index (κ2) is 11.3. The lowest BCUT2D eigenvalue weighted by atomic mass is 9.76. The van der Waals surface area contributed by atoms with E-state index in [0.29, 0.717) is 11.3 Å². The Morgan fingerprint density at radius 1 is 0.880 bits per heavy atom. The van der Waals surface area contributed by atoms with Gasteiger partial charge in [0.1, 0.15) is 5.54 Å². The summed E-state index contributed by atoms with van der Waals surface area (Å²) in [7, 11) is 0. The van der Waals surface area contributed by atoms with Gasteiger partial charge in [-0.3, -0.25) is 0 Å². The van der Waals surface area contributed by atoms with Gasteiger partial charge in [-0.25, -0.2) is 0 Å². The van der Waals surface area contributed by atoms with Crippen molar-refractivity contribution in [1.29, 1.82) is 0 Å². The molecule has 3 unspecified atom stereocenters. The standard InChI is InChI=1S/C23H45NO/c1-6-22(5)16-10-7-8-11-18-23(24-25,20(2)3)19-12-9-14-21(4)15-13-17-22/h20-21H,6-19H2,1-5H3. The van der Waals surface area contributed by atoms with Crippen molar-refractivity contribution in [1.82, 2.24) is 0 Å². The van der Waals surface area contributed by atoms with Gasteiger partial charge in [-0.2, -0.15) is 4.91 Å². The molecule has 0 aromatic rings. The molecule has 1 aliphatic rings. The maximum absolute atomic E-state index is 11.7. The van der Waals surface area contributed by atoms with Gasteiger partial charge in [0.2, 0.25) is 0 Å². The Hall–Kier alpha value is -0.400. The second-order valence-electron chi connectivity index (χ2n) is 9.67. The van der Waals surface area contributed by atoms with Crippen LogP contribution < -0.4 is 0 Å². The summed E-state index contributed by atoms with van der Waals surface area (Å²) in [6.07, 6.45) is 17.7. The van der Waals surface area contributed by atoms with E-state index < -0.39 is 0 Å². The Bertz CT molecular complexity index is 367. The molecule has 0 N–H and O–H groups in total. The molecule has 2 nitrogen and oxygen atoms in total. The zero-order valence-corrected chi connectivity index (χ0v) is 17.9. The first-order chi connectivity index (χ1) is 11.9. The first-order valence-corrected chi connectivity index (χ1v) is 11.2. The number of rotatable bonds is 3. The highest BCUT2D eigenvalue weighted by Gasteiger charge is 2.34. The predicted molar refractivity (Wildman–Crippen MR) is 111 cm³/mol. The predicted octanol–water partition coefficient (Wildman–Crippen LogP) is 8.28. The van der Waals surface area contributed by atoms with Crippen molar-refractivity contribution >= 4 is 0 Å². The quantitative estimate of drug-likeness (QED) is 0.470. The van der Waals surface area contributed by atoms with Crippen LogP contribution in [0.15, 0.2) is 5.18 Å². The first kappa shape index (κ1) is 22.6. The van der Waals surface area contributed by atoms with Gasteiger partial charge in [0.25, 0.3) is 0 Å². The highest BCUT2D eigenvalue weighted by molar-refractivity contribution is 4.90. The summed E-state index contributed by atoms with van der Waals surface area (Å²) in [5.74, 6) is 1.19. The molecule has 0 saturated heterocycles. The third-order valence-electron chi connectivity index (χ3n) is 7.28. The normalized spacial score (nSPS) is 34.7. The summed E-state index contributed by atoms with van der Waals surface area (Å²) in [4.78, 5) is 11.7. The lowest BCUT2D eigenvalue weighted by molar-refractivity contribution is 0.225. The monoisotopic (exact) mass is 351 g/mol. The van der Waals surface area contributed by atoms with Gasteiger partial charge in [-0.15, -0.1) is 0 Å². The van der Waals surface area contributed by atoms with E-state index in [2.05, 4.69) is 39.8 Å². The fourth-order valence-corrected chi connectivity index (χ4v) is 4.66. The highest BCUT2D eigenvalue weighted by atomic mass is 16.3. The fourth-order valence-electron chi connectivity index (χ4n) is 4.66. The Kier molecular flexibility index (Phi) is 10.3. The van der Waals surface area contributed by atoms with Gasteiger partial charge in [-0.1, -0.05) is 104 Å². The third kappa shape index (κ3) is 7.79. The Balaban J connectivity index is 2.67. The van der Waals surface area contributed by atoms with Gasteiger partial charge in [-0.05, 0) is 42.9 Å². The molecule has 1 saturated carbocycles. The summed E-state index contributed by atoms with van der Waals surface area (Å²) >= 11 is 0. The van der Waals surface area contributed by atoms with Crippen molar-refractivity contribution in [3.05, 3.63) is 4.91 Å². The second-order valence-corrected chi connectivity index (χ2v) is 9.67. The van der Waals surface area contributed by atoms with Crippen LogP contribution in [-0.2, 0) is 0 Å². The van der Waals surface area contributed by atoms with Crippen molar-refractivity contribution < 1.29 is 0 Å². The fraction of sp³-hybridized carbons (Fsp3) is 1.00. The van der Waals surface area contributed by atoms with Crippen LogP contribution in [0.3, 0.4) is 0 Å². The summed E-state index contributed by atoms with van der Waals surface area (Å²) < 4.78 is 0. The van der Waals surface area contributed by atoms with Gasteiger partial charge < -0.3 is 0 Å². The van der Waals surface area contributed by atoms with Crippen LogP contribution >= 0.6 is 0 Å². The SMILES string of the molecule is CCC1(C)CCCCCCC(N=O)(C(C)C)CCCCC(C)CCC1. The summed E-state index contributed by atoms with van der Waals surface area (Å²) in [6, 6.07) is 0. The molecule has 2 heteroatoms. The van der Waals surface area contributed by atoms with Crippen molar-refractivity contribution in [3.63, 3.8) is 0 Å². The molecule has 25 heavy (non-hydrogen) atoms. The average Bonchev–Trinajstić information content (AvgIpc) is 2.58. The van der Waals surface area contributed by atoms with E-state index in [1.165, 1.54) is 77.0 Å². The van der Waals surface area contributed by atoms with E-state index in [-0.39, 0.29) is 5.54 Å². The Morgan fingerprint density at radius 3 is 1.96 bits per heavy atom. The van der Waals surface area contributed by atoms with Crippen molar-refractivity contribution in [3.8, 4) is 0 Å². The smallest absolute Gasteiger partial charge is 0.105 e. The van der Waals surface area contributed by atoms with Crippen LogP contribution in [0.1, 0.15) is 125 Å². The molecular weight excluding hydrogens is 306 g/mol. The highest BCUT2D eigenvalue weighted by Crippen LogP contribution is 2.37. The molecule has 0 bridgehead atoms. The summed E-state index contributed by atoms with van der Waals surface area (Å²) in [5.41, 5.74) is 0.237. The van der Waals surface area contributed by atoms with E-state index in [1.807, 2.05) is 0 Å². The van der Waals surface area contributed by atoms with Crippen LogP contribution in [-0.4, -0.2) is 5.54 Å². The molecule has 3 atom stereocenters. The molecule has 1 fully saturated rings. The number of hydrogen-bond acceptors (Lipinski definition) is 2. The molecule has 0 aliphatic heterocycles. The van der Waals surface area contributed by atoms with Gasteiger partial charge in [0, 0.05) is 0 Å². The Labute approximate surface area is 157 Å². The molecule has 0 heterocycles. The molecule has 0 aromatic heterocycles. The summed E-state index contributed by atoms with van der Waals surface area (Å²) in [6.45, 7) is 11.7. The minimum absolute atomic E-state index is 0.307. The molecule has 148 valence electrons. The Morgan fingerprint density at radius 2 is 1.40 bits per heavy atom. The van der Waals surface area contributed by atoms with Crippen molar-refractivity contribution in [2.75, 3.05) is 0 Å². The van der Waals surface area contributed by atoms with Crippen LogP contribution in [0.4, 0.5) is 0 Å². The zero-order valence-electron chi connectivity index (χ0n) is 17.9. The summed E-state index contributed by atoms with van der Waals surface area (Å²) in [5, 5.41) is 3.69. The van der Waals surface area contributed by atoms with Crippen LogP contribution in [0.2, 0.25) is 0 Å². The van der Waals surface area contributed by atoms with Crippen LogP contribution in [0.5, 0.6) is 0 Å². The number of nitrogens with zero attached hydrogens (tertiary/aromatic N) is 1. The van der Waals surface area contributed by atoms with E-state index in [0.717, 1.165) is 18.8 Å². The molecule has 0 aromatic carbocycles. The molecule has 0 amide bonds. The van der Waals surface area contributed by atoms with Crippen LogP contribution in [0, 0.1) is 22.2 Å². The van der Waals surface area contributed by atoms with Gasteiger partial charge >= 0.3 is 0 Å². The van der Waals surface area contributed by atoms with Gasteiger partial charge in [0.05, 0.1) is 0 Å². The zero-order chi connectivity index (χ0) is 18.8. The largest absolute Gasteiger partial charge is 0.150 e. The maximum Gasteiger partial charge on any atom is 0.105 e. The lowest BCUT2D eigenvalue weighted by Gasteiger charge is -2.31. The van der Waals surface area contributed by atoms with Crippen LogP contribution in [0.25, 0.3) is 0 Å². The number of nitroso groups, excluding NO2 is 1. The molecule has 0 radical (unpaired) electrons. The van der Waals surface area contributed by atoms with Crippen molar-refractivity contribution in [2.45, 2.75) is 130 Å². The topological polar surface area (TPSA) is 29.4 Å².